The number of carbonyl (C=O) groups excluding carboxylic acids is 1. The van der Waals surface area contributed by atoms with E-state index < -0.39 is 29.2 Å². The molecule has 0 amide bonds. The molecule has 0 saturated carbocycles. The Labute approximate surface area is 83.9 Å². The van der Waals surface area contributed by atoms with E-state index in [1.807, 2.05) is 4.98 Å². The van der Waals surface area contributed by atoms with E-state index in [-0.39, 0.29) is 6.61 Å². The van der Waals surface area contributed by atoms with Gasteiger partial charge in [0.1, 0.15) is 5.69 Å². The molecular formula is C9H9F2NO3. The molecule has 0 aliphatic rings. The highest BCUT2D eigenvalue weighted by Gasteiger charge is 2.19. The predicted molar refractivity (Wildman–Crippen MR) is 48.0 cm³/mol. The Morgan fingerprint density at radius 2 is 2.20 bits per heavy atom. The van der Waals surface area contributed by atoms with Crippen LogP contribution in [0.1, 0.15) is 29.4 Å². The number of pyridine rings is 1. The fourth-order valence-electron chi connectivity index (χ4n) is 1.04. The number of nitrogens with one attached hydrogen (secondary N) is 1. The molecule has 0 aromatic carbocycles. The second kappa shape index (κ2) is 4.68. The summed E-state index contributed by atoms with van der Waals surface area (Å²) in [7, 11) is 0. The Kier molecular flexibility index (Phi) is 3.54. The van der Waals surface area contributed by atoms with E-state index in [0.29, 0.717) is 0 Å². The second-order valence-corrected chi connectivity index (χ2v) is 2.67. The third-order valence-corrected chi connectivity index (χ3v) is 1.67. The molecule has 0 unspecified atom stereocenters. The lowest BCUT2D eigenvalue weighted by molar-refractivity contribution is 0.0507. The number of H-pyrrole nitrogens is 1. The van der Waals surface area contributed by atoms with Gasteiger partial charge in [-0.15, -0.1) is 0 Å². The number of esters is 1. The molecule has 4 nitrogen and oxygen atoms in total. The van der Waals surface area contributed by atoms with Crippen LogP contribution in [0.4, 0.5) is 8.78 Å². The number of aromatic amines is 1. The molecule has 0 aliphatic carbocycles. The van der Waals surface area contributed by atoms with Crippen molar-refractivity contribution in [3.8, 4) is 0 Å². The van der Waals surface area contributed by atoms with E-state index in [1.54, 1.807) is 6.92 Å². The minimum Gasteiger partial charge on any atom is -0.461 e. The van der Waals surface area contributed by atoms with Gasteiger partial charge in [-0.25, -0.2) is 13.6 Å². The molecule has 0 atom stereocenters. The van der Waals surface area contributed by atoms with E-state index in [2.05, 4.69) is 4.74 Å². The Morgan fingerprint density at radius 3 is 2.73 bits per heavy atom. The molecule has 1 N–H and O–H groups in total. The van der Waals surface area contributed by atoms with Crippen molar-refractivity contribution in [2.24, 2.45) is 0 Å². The minimum absolute atomic E-state index is 0.0540. The van der Waals surface area contributed by atoms with Crippen LogP contribution in [0, 0.1) is 0 Å². The zero-order chi connectivity index (χ0) is 11.4. The Morgan fingerprint density at radius 1 is 1.53 bits per heavy atom. The standard InChI is InChI=1S/C9H9F2NO3/c1-2-15-9(14)7-5(8(10)11)3-4-6(13)12-7/h3-4,8H,2H2,1H3,(H,12,13). The normalized spacial score (nSPS) is 10.4. The molecule has 0 spiro atoms. The topological polar surface area (TPSA) is 59.2 Å². The first kappa shape index (κ1) is 11.4. The number of halogens is 2. The predicted octanol–water partition coefficient (Wildman–Crippen LogP) is 1.49. The summed E-state index contributed by atoms with van der Waals surface area (Å²) in [5, 5.41) is 0. The Bertz CT molecular complexity index is 414. The summed E-state index contributed by atoms with van der Waals surface area (Å²) in [4.78, 5) is 24.1. The van der Waals surface area contributed by atoms with Crippen LogP contribution in [-0.2, 0) is 4.74 Å². The molecule has 0 bridgehead atoms. The fraction of sp³-hybridized carbons (Fsp3) is 0.333. The Hall–Kier alpha value is -1.72. The van der Waals surface area contributed by atoms with Crippen LogP contribution in [0.5, 0.6) is 0 Å². The highest BCUT2D eigenvalue weighted by atomic mass is 19.3. The number of ether oxygens (including phenoxy) is 1. The molecule has 82 valence electrons. The molecule has 6 heteroatoms. The highest BCUT2D eigenvalue weighted by Crippen LogP contribution is 2.20. The van der Waals surface area contributed by atoms with Gasteiger partial charge in [0.15, 0.2) is 0 Å². The van der Waals surface area contributed by atoms with Crippen LogP contribution in [0.2, 0.25) is 0 Å². The van der Waals surface area contributed by atoms with Crippen LogP contribution in [0.25, 0.3) is 0 Å². The quantitative estimate of drug-likeness (QED) is 0.780. The summed E-state index contributed by atoms with van der Waals surface area (Å²) in [6.45, 7) is 1.60. The maximum Gasteiger partial charge on any atom is 0.355 e. The zero-order valence-corrected chi connectivity index (χ0v) is 7.92. The number of carbonyl (C=O) groups is 1. The van der Waals surface area contributed by atoms with Crippen molar-refractivity contribution in [3.05, 3.63) is 33.7 Å². The molecule has 0 saturated heterocycles. The van der Waals surface area contributed by atoms with Crippen LogP contribution in [0.15, 0.2) is 16.9 Å². The van der Waals surface area contributed by atoms with Crippen LogP contribution >= 0.6 is 0 Å². The van der Waals surface area contributed by atoms with Crippen molar-refractivity contribution in [1.82, 2.24) is 4.98 Å². The summed E-state index contributed by atoms with van der Waals surface area (Å²) in [6.07, 6.45) is -2.83. The van der Waals surface area contributed by atoms with Gasteiger partial charge in [0, 0.05) is 11.6 Å². The smallest absolute Gasteiger partial charge is 0.355 e. The number of alkyl halides is 2. The summed E-state index contributed by atoms with van der Waals surface area (Å²) in [5.74, 6) is -0.953. The van der Waals surface area contributed by atoms with Gasteiger partial charge in [0.05, 0.1) is 6.61 Å². The molecule has 0 aliphatic heterocycles. The molecule has 1 heterocycles. The molecule has 0 radical (unpaired) electrons. The van der Waals surface area contributed by atoms with Gasteiger partial charge in [0.2, 0.25) is 5.56 Å². The lowest BCUT2D eigenvalue weighted by Crippen LogP contribution is -2.17. The molecular weight excluding hydrogens is 208 g/mol. The van der Waals surface area contributed by atoms with E-state index in [1.165, 1.54) is 0 Å². The fourth-order valence-corrected chi connectivity index (χ4v) is 1.04. The number of hydrogen-bond acceptors (Lipinski definition) is 3. The van der Waals surface area contributed by atoms with Crippen LogP contribution in [0.3, 0.4) is 0 Å². The van der Waals surface area contributed by atoms with E-state index in [0.717, 1.165) is 12.1 Å². The minimum atomic E-state index is -2.83. The maximum atomic E-state index is 12.4. The Balaban J connectivity index is 3.18. The van der Waals surface area contributed by atoms with Crippen molar-refractivity contribution in [2.75, 3.05) is 6.61 Å². The average Bonchev–Trinajstić information content (AvgIpc) is 2.17. The summed E-state index contributed by atoms with van der Waals surface area (Å²) in [5.41, 5.74) is -1.64. The van der Waals surface area contributed by atoms with Gasteiger partial charge in [0.25, 0.3) is 6.43 Å². The van der Waals surface area contributed by atoms with E-state index >= 15 is 0 Å². The largest absolute Gasteiger partial charge is 0.461 e. The zero-order valence-electron chi connectivity index (χ0n) is 7.92. The third kappa shape index (κ3) is 2.61. The molecule has 0 fully saturated rings. The number of hydrogen-bond donors (Lipinski definition) is 1. The first-order valence-corrected chi connectivity index (χ1v) is 4.24. The van der Waals surface area contributed by atoms with Gasteiger partial charge >= 0.3 is 5.97 Å². The summed E-state index contributed by atoms with van der Waals surface area (Å²) >= 11 is 0. The van der Waals surface area contributed by atoms with E-state index in [4.69, 9.17) is 0 Å². The summed E-state index contributed by atoms with van der Waals surface area (Å²) < 4.78 is 29.4. The van der Waals surface area contributed by atoms with Crippen LogP contribution < -0.4 is 5.56 Å². The first-order chi connectivity index (χ1) is 7.06. The van der Waals surface area contributed by atoms with Gasteiger partial charge < -0.3 is 9.72 Å². The SMILES string of the molecule is CCOC(=O)c1[nH]c(=O)ccc1C(F)F. The van der Waals surface area contributed by atoms with Gasteiger partial charge in [-0.1, -0.05) is 0 Å². The van der Waals surface area contributed by atoms with Gasteiger partial charge in [-0.2, -0.15) is 0 Å². The third-order valence-electron chi connectivity index (χ3n) is 1.67. The lowest BCUT2D eigenvalue weighted by Gasteiger charge is -2.06. The maximum absolute atomic E-state index is 12.4. The van der Waals surface area contributed by atoms with Crippen molar-refractivity contribution >= 4 is 5.97 Å². The lowest BCUT2D eigenvalue weighted by atomic mass is 10.2. The monoisotopic (exact) mass is 217 g/mol. The van der Waals surface area contributed by atoms with E-state index in [9.17, 15) is 18.4 Å². The van der Waals surface area contributed by atoms with Gasteiger partial charge in [-0.05, 0) is 13.0 Å². The molecule has 1 rings (SSSR count). The van der Waals surface area contributed by atoms with Crippen molar-refractivity contribution in [1.29, 1.82) is 0 Å². The van der Waals surface area contributed by atoms with Crippen molar-refractivity contribution in [2.45, 2.75) is 13.3 Å². The molecule has 1 aromatic rings. The first-order valence-electron chi connectivity index (χ1n) is 4.24. The van der Waals surface area contributed by atoms with Crippen LogP contribution in [-0.4, -0.2) is 17.6 Å². The molecule has 1 aromatic heterocycles. The average molecular weight is 217 g/mol. The van der Waals surface area contributed by atoms with Crippen molar-refractivity contribution < 1.29 is 18.3 Å². The highest BCUT2D eigenvalue weighted by molar-refractivity contribution is 5.88. The number of aromatic nitrogens is 1. The van der Waals surface area contributed by atoms with Gasteiger partial charge in [-0.3, -0.25) is 4.79 Å². The second-order valence-electron chi connectivity index (χ2n) is 2.67. The number of rotatable bonds is 3. The summed E-state index contributed by atoms with van der Waals surface area (Å²) in [6, 6.07) is 1.85. The molecule has 15 heavy (non-hydrogen) atoms. The van der Waals surface area contributed by atoms with Crippen molar-refractivity contribution in [3.63, 3.8) is 0 Å².